The number of ether oxygens (including phenoxy) is 1. The van der Waals surface area contributed by atoms with Crippen LogP contribution in [-0.4, -0.2) is 10.2 Å². The van der Waals surface area contributed by atoms with E-state index < -0.39 is 10.2 Å². The summed E-state index contributed by atoms with van der Waals surface area (Å²) in [5.41, 5.74) is -0.0627. The largest absolute Gasteiger partial charge is 0.418 e. The summed E-state index contributed by atoms with van der Waals surface area (Å²) in [5, 5.41) is 10.5. The molecule has 0 radical (unpaired) electrons. The van der Waals surface area contributed by atoms with E-state index in [4.69, 9.17) is 16.3 Å². The molecule has 102 valence electrons. The maximum atomic E-state index is 11.7. The van der Waals surface area contributed by atoms with Crippen LogP contribution in [0.5, 0.6) is 5.75 Å². The molecule has 0 spiro atoms. The molecule has 0 aliphatic rings. The van der Waals surface area contributed by atoms with Crippen molar-refractivity contribution < 1.29 is 14.5 Å². The van der Waals surface area contributed by atoms with Crippen molar-refractivity contribution >= 4 is 34.4 Å². The summed E-state index contributed by atoms with van der Waals surface area (Å²) in [5.74, 6) is 0.245. The highest BCUT2D eigenvalue weighted by molar-refractivity contribution is 8.13. The molecule has 7 heteroatoms. The molecule has 0 saturated carbocycles. The van der Waals surface area contributed by atoms with Crippen LogP contribution in [0.15, 0.2) is 53.4 Å². The molecule has 0 heterocycles. The maximum absolute atomic E-state index is 11.7. The predicted octanol–water partition coefficient (Wildman–Crippen LogP) is 4.54. The maximum Gasteiger partial charge on any atom is 0.377 e. The Labute approximate surface area is 123 Å². The third kappa shape index (κ3) is 3.97. The number of hydrogen-bond donors (Lipinski definition) is 0. The molecular weight excluding hydrogens is 302 g/mol. The molecule has 0 atom stereocenters. The van der Waals surface area contributed by atoms with Crippen LogP contribution in [-0.2, 0) is 0 Å². The van der Waals surface area contributed by atoms with Crippen molar-refractivity contribution in [2.75, 3.05) is 0 Å². The van der Waals surface area contributed by atoms with Gasteiger partial charge in [-0.05, 0) is 42.1 Å². The average molecular weight is 310 g/mol. The summed E-state index contributed by atoms with van der Waals surface area (Å²) >= 11 is 6.69. The Kier molecular flexibility index (Phi) is 4.60. The van der Waals surface area contributed by atoms with Gasteiger partial charge < -0.3 is 4.74 Å². The summed E-state index contributed by atoms with van der Waals surface area (Å²) in [6, 6.07) is 12.1. The van der Waals surface area contributed by atoms with Crippen molar-refractivity contribution in [1.82, 2.24) is 0 Å². The van der Waals surface area contributed by atoms with Gasteiger partial charge in [0.15, 0.2) is 0 Å². The topological polar surface area (TPSA) is 69.4 Å². The van der Waals surface area contributed by atoms with E-state index in [2.05, 4.69) is 0 Å². The van der Waals surface area contributed by atoms with Gasteiger partial charge in [-0.3, -0.25) is 10.1 Å². The third-order valence-corrected chi connectivity index (χ3v) is 3.22. The quantitative estimate of drug-likeness (QED) is 0.360. The third-order valence-electron chi connectivity index (χ3n) is 2.25. The highest BCUT2D eigenvalue weighted by atomic mass is 35.5. The Morgan fingerprint density at radius 1 is 1.20 bits per heavy atom. The number of nitro groups is 1. The molecular formula is C13H8ClNO4S. The first-order chi connectivity index (χ1) is 9.54. The van der Waals surface area contributed by atoms with Crippen molar-refractivity contribution in [2.45, 2.75) is 4.90 Å². The minimum Gasteiger partial charge on any atom is -0.418 e. The first-order valence-corrected chi connectivity index (χ1v) is 6.64. The van der Waals surface area contributed by atoms with Gasteiger partial charge in [0.2, 0.25) is 0 Å². The molecule has 0 fully saturated rings. The summed E-state index contributed by atoms with van der Waals surface area (Å²) in [6.45, 7) is 0. The lowest BCUT2D eigenvalue weighted by Crippen LogP contribution is -2.00. The van der Waals surface area contributed by atoms with Crippen molar-refractivity contribution in [1.29, 1.82) is 0 Å². The van der Waals surface area contributed by atoms with Crippen molar-refractivity contribution in [3.8, 4) is 5.75 Å². The fourth-order valence-electron chi connectivity index (χ4n) is 1.38. The SMILES string of the molecule is O=C(Oc1ccc([N+](=O)[O-])cc1)Sc1cccc(Cl)c1. The molecule has 0 aliphatic carbocycles. The molecule has 20 heavy (non-hydrogen) atoms. The molecule has 0 N–H and O–H groups in total. The van der Waals surface area contributed by atoms with Gasteiger partial charge in [-0.2, -0.15) is 0 Å². The minimum atomic E-state index is -0.541. The second kappa shape index (κ2) is 6.40. The second-order valence-corrected chi connectivity index (χ2v) is 5.11. The van der Waals surface area contributed by atoms with Crippen LogP contribution in [0.4, 0.5) is 10.5 Å². The summed E-state index contributed by atoms with van der Waals surface area (Å²) in [7, 11) is 0. The number of nitro benzene ring substituents is 1. The van der Waals surface area contributed by atoms with Crippen molar-refractivity contribution in [3.05, 3.63) is 63.7 Å². The first-order valence-electron chi connectivity index (χ1n) is 5.44. The molecule has 5 nitrogen and oxygen atoms in total. The summed E-state index contributed by atoms with van der Waals surface area (Å²) in [6.07, 6.45) is 0. The van der Waals surface area contributed by atoms with Gasteiger partial charge in [-0.15, -0.1) is 0 Å². The van der Waals surface area contributed by atoms with Crippen LogP contribution in [0.3, 0.4) is 0 Å². The van der Waals surface area contributed by atoms with Gasteiger partial charge in [0.25, 0.3) is 5.69 Å². The average Bonchev–Trinajstić information content (AvgIpc) is 2.39. The van der Waals surface area contributed by atoms with Gasteiger partial charge in [0.1, 0.15) is 5.75 Å². The Balaban J connectivity index is 1.99. The van der Waals surface area contributed by atoms with Crippen LogP contribution in [0.25, 0.3) is 0 Å². The number of rotatable bonds is 3. The Morgan fingerprint density at radius 2 is 1.90 bits per heavy atom. The van der Waals surface area contributed by atoms with Gasteiger partial charge >= 0.3 is 5.30 Å². The molecule has 2 aromatic rings. The van der Waals surface area contributed by atoms with Crippen LogP contribution >= 0.6 is 23.4 Å². The van der Waals surface area contributed by atoms with Crippen molar-refractivity contribution in [2.24, 2.45) is 0 Å². The van der Waals surface area contributed by atoms with Crippen molar-refractivity contribution in [3.63, 3.8) is 0 Å². The molecule has 0 bridgehead atoms. The number of hydrogen-bond acceptors (Lipinski definition) is 5. The smallest absolute Gasteiger partial charge is 0.377 e. The van der Waals surface area contributed by atoms with Gasteiger partial charge in [0.05, 0.1) is 4.92 Å². The highest BCUT2D eigenvalue weighted by Gasteiger charge is 2.10. The van der Waals surface area contributed by atoms with E-state index in [1.165, 1.54) is 24.3 Å². The van der Waals surface area contributed by atoms with Crippen LogP contribution in [0.2, 0.25) is 5.02 Å². The van der Waals surface area contributed by atoms with Gasteiger partial charge in [-0.25, -0.2) is 4.79 Å². The molecule has 0 amide bonds. The second-order valence-electron chi connectivity index (χ2n) is 3.66. The van der Waals surface area contributed by atoms with E-state index in [0.29, 0.717) is 9.92 Å². The fourth-order valence-corrected chi connectivity index (χ4v) is 2.30. The molecule has 0 unspecified atom stereocenters. The van der Waals surface area contributed by atoms with Crippen LogP contribution < -0.4 is 4.74 Å². The van der Waals surface area contributed by atoms with E-state index >= 15 is 0 Å². The van der Waals surface area contributed by atoms with E-state index in [-0.39, 0.29) is 11.4 Å². The molecule has 0 aromatic heterocycles. The van der Waals surface area contributed by atoms with E-state index in [1.807, 2.05) is 0 Å². The lowest BCUT2D eigenvalue weighted by atomic mass is 10.3. The Bertz CT molecular complexity index is 645. The number of carbonyl (C=O) groups is 1. The zero-order chi connectivity index (χ0) is 14.5. The monoisotopic (exact) mass is 309 g/mol. The van der Waals surface area contributed by atoms with E-state index in [1.54, 1.807) is 24.3 Å². The number of benzene rings is 2. The number of carbonyl (C=O) groups excluding carboxylic acids is 1. The Hall–Kier alpha value is -2.05. The molecule has 0 saturated heterocycles. The normalized spacial score (nSPS) is 10.1. The standard InChI is InChI=1S/C13H8ClNO4S/c14-9-2-1-3-12(8-9)20-13(16)19-11-6-4-10(5-7-11)15(17)18/h1-8H. The lowest BCUT2D eigenvalue weighted by molar-refractivity contribution is -0.384. The first kappa shape index (κ1) is 14.4. The van der Waals surface area contributed by atoms with Crippen LogP contribution in [0.1, 0.15) is 0 Å². The molecule has 0 aliphatic heterocycles. The van der Waals surface area contributed by atoms with E-state index in [9.17, 15) is 14.9 Å². The zero-order valence-corrected chi connectivity index (χ0v) is 11.6. The van der Waals surface area contributed by atoms with Crippen LogP contribution in [0, 0.1) is 10.1 Å². The molecule has 2 rings (SSSR count). The highest BCUT2D eigenvalue weighted by Crippen LogP contribution is 2.25. The predicted molar refractivity (Wildman–Crippen MR) is 76.4 cm³/mol. The lowest BCUT2D eigenvalue weighted by Gasteiger charge is -2.03. The molecule has 2 aromatic carbocycles. The zero-order valence-electron chi connectivity index (χ0n) is 9.99. The minimum absolute atomic E-state index is 0.0627. The van der Waals surface area contributed by atoms with Gasteiger partial charge in [-0.1, -0.05) is 17.7 Å². The Morgan fingerprint density at radius 3 is 2.50 bits per heavy atom. The number of nitrogens with zero attached hydrogens (tertiary/aromatic N) is 1. The van der Waals surface area contributed by atoms with E-state index in [0.717, 1.165) is 11.8 Å². The number of non-ortho nitro benzene ring substituents is 1. The summed E-state index contributed by atoms with van der Waals surface area (Å²) in [4.78, 5) is 22.3. The van der Waals surface area contributed by atoms with Gasteiger partial charge in [0, 0.05) is 22.1 Å². The number of halogens is 1. The number of thioether (sulfide) groups is 1. The fraction of sp³-hybridized carbons (Fsp3) is 0. The summed E-state index contributed by atoms with van der Waals surface area (Å²) < 4.78 is 5.05.